The molecule has 1 aliphatic rings. The van der Waals surface area contributed by atoms with Crippen molar-refractivity contribution < 1.29 is 9.59 Å². The fourth-order valence-electron chi connectivity index (χ4n) is 3.40. The summed E-state index contributed by atoms with van der Waals surface area (Å²) in [5.41, 5.74) is 2.57. The maximum absolute atomic E-state index is 13.4. The fraction of sp³-hybridized carbons (Fsp3) is 0.0870. The minimum Gasteiger partial charge on any atom is -0.339 e. The molecule has 0 fully saturated rings. The standard InChI is InChI=1S/C23H17Cl2N3O2/c1-27(17-5-3-2-4-6-17)21-20(18-8-7-16(24)13-19(18)25)22(29)28(23(21)30)14-15-9-11-26-12-10-15/h2-13H,14H2,1H3. The highest BCUT2D eigenvalue weighted by Gasteiger charge is 2.41. The third kappa shape index (κ3) is 3.70. The molecule has 0 spiro atoms. The number of nitrogens with zero attached hydrogens (tertiary/aromatic N) is 3. The van der Waals surface area contributed by atoms with Gasteiger partial charge in [0.2, 0.25) is 0 Å². The lowest BCUT2D eigenvalue weighted by Gasteiger charge is -2.21. The second-order valence-electron chi connectivity index (χ2n) is 6.79. The molecule has 7 heteroatoms. The van der Waals surface area contributed by atoms with Crippen molar-refractivity contribution in [3.63, 3.8) is 0 Å². The lowest BCUT2D eigenvalue weighted by atomic mass is 10.0. The molecule has 0 unspecified atom stereocenters. The van der Waals surface area contributed by atoms with Crippen LogP contribution in [0.3, 0.4) is 0 Å². The van der Waals surface area contributed by atoms with Gasteiger partial charge in [-0.05, 0) is 42.0 Å². The van der Waals surface area contributed by atoms with Crippen molar-refractivity contribution in [3.8, 4) is 0 Å². The van der Waals surface area contributed by atoms with E-state index in [1.54, 1.807) is 54.7 Å². The van der Waals surface area contributed by atoms with Crippen LogP contribution in [0.2, 0.25) is 10.0 Å². The van der Waals surface area contributed by atoms with Crippen LogP contribution in [-0.4, -0.2) is 28.7 Å². The van der Waals surface area contributed by atoms with Gasteiger partial charge in [-0.15, -0.1) is 0 Å². The zero-order valence-corrected chi connectivity index (χ0v) is 17.6. The van der Waals surface area contributed by atoms with Crippen LogP contribution in [0.25, 0.3) is 5.57 Å². The second kappa shape index (κ2) is 8.30. The highest BCUT2D eigenvalue weighted by Crippen LogP contribution is 2.37. The summed E-state index contributed by atoms with van der Waals surface area (Å²) in [5.74, 6) is -0.789. The highest BCUT2D eigenvalue weighted by atomic mass is 35.5. The summed E-state index contributed by atoms with van der Waals surface area (Å²) in [7, 11) is 1.76. The predicted molar refractivity (Wildman–Crippen MR) is 118 cm³/mol. The summed E-state index contributed by atoms with van der Waals surface area (Å²) in [5, 5.41) is 0.760. The van der Waals surface area contributed by atoms with Gasteiger partial charge in [-0.2, -0.15) is 0 Å². The number of hydrogen-bond donors (Lipinski definition) is 0. The van der Waals surface area contributed by atoms with E-state index < -0.39 is 5.91 Å². The van der Waals surface area contributed by atoms with E-state index in [9.17, 15) is 9.59 Å². The quantitative estimate of drug-likeness (QED) is 0.537. The summed E-state index contributed by atoms with van der Waals surface area (Å²) >= 11 is 12.5. The van der Waals surface area contributed by atoms with E-state index in [-0.39, 0.29) is 23.7 Å². The second-order valence-corrected chi connectivity index (χ2v) is 7.64. The first-order valence-corrected chi connectivity index (χ1v) is 9.96. The first kappa shape index (κ1) is 20.1. The van der Waals surface area contributed by atoms with Crippen molar-refractivity contribution >= 4 is 46.3 Å². The minimum atomic E-state index is -0.404. The Morgan fingerprint density at radius 2 is 1.63 bits per heavy atom. The molecule has 2 heterocycles. The summed E-state index contributed by atoms with van der Waals surface area (Å²) in [6.45, 7) is 0.140. The number of para-hydroxylation sites is 1. The number of imide groups is 1. The number of rotatable bonds is 5. The maximum atomic E-state index is 13.4. The largest absolute Gasteiger partial charge is 0.339 e. The molecule has 2 aromatic carbocycles. The van der Waals surface area contributed by atoms with Crippen molar-refractivity contribution in [2.24, 2.45) is 0 Å². The first-order valence-electron chi connectivity index (χ1n) is 9.21. The Hall–Kier alpha value is -3.15. The number of hydrogen-bond acceptors (Lipinski definition) is 4. The molecule has 5 nitrogen and oxygen atoms in total. The third-order valence-corrected chi connectivity index (χ3v) is 5.46. The molecule has 0 radical (unpaired) electrons. The van der Waals surface area contributed by atoms with E-state index in [2.05, 4.69) is 4.98 Å². The van der Waals surface area contributed by atoms with E-state index >= 15 is 0 Å². The van der Waals surface area contributed by atoms with Gasteiger partial charge in [-0.3, -0.25) is 19.5 Å². The molecule has 3 aromatic rings. The molecule has 0 N–H and O–H groups in total. The Morgan fingerprint density at radius 3 is 2.30 bits per heavy atom. The fourth-order valence-corrected chi connectivity index (χ4v) is 3.91. The molecule has 1 aromatic heterocycles. The van der Waals surface area contributed by atoms with Crippen LogP contribution in [0.4, 0.5) is 5.69 Å². The van der Waals surface area contributed by atoms with Crippen LogP contribution >= 0.6 is 23.2 Å². The number of benzene rings is 2. The van der Waals surface area contributed by atoms with Crippen molar-refractivity contribution in [1.29, 1.82) is 0 Å². The third-order valence-electron chi connectivity index (χ3n) is 4.91. The molecular weight excluding hydrogens is 421 g/mol. The zero-order chi connectivity index (χ0) is 21.3. The summed E-state index contributed by atoms with van der Waals surface area (Å²) in [4.78, 5) is 33.8. The molecule has 0 bridgehead atoms. The summed E-state index contributed by atoms with van der Waals surface area (Å²) < 4.78 is 0. The number of likely N-dealkylation sites (N-methyl/N-ethyl adjacent to an activating group) is 1. The van der Waals surface area contributed by atoms with Gasteiger partial charge < -0.3 is 4.90 Å². The monoisotopic (exact) mass is 437 g/mol. The molecule has 0 aliphatic carbocycles. The predicted octanol–water partition coefficient (Wildman–Crippen LogP) is 4.80. The average molecular weight is 438 g/mol. The van der Waals surface area contributed by atoms with Crippen LogP contribution in [0.5, 0.6) is 0 Å². The van der Waals surface area contributed by atoms with Gasteiger partial charge in [0.05, 0.1) is 17.1 Å². The molecule has 150 valence electrons. The topological polar surface area (TPSA) is 53.5 Å². The van der Waals surface area contributed by atoms with E-state index in [1.807, 2.05) is 30.3 Å². The SMILES string of the molecule is CN(C1=C(c2ccc(Cl)cc2Cl)C(=O)N(Cc2ccncc2)C1=O)c1ccccc1. The van der Waals surface area contributed by atoms with Gasteiger partial charge in [-0.1, -0.05) is 47.5 Å². The molecule has 1 aliphatic heterocycles. The molecule has 2 amide bonds. The zero-order valence-electron chi connectivity index (χ0n) is 16.0. The number of aromatic nitrogens is 1. The van der Waals surface area contributed by atoms with E-state index in [0.717, 1.165) is 11.3 Å². The Kier molecular flexibility index (Phi) is 5.57. The number of anilines is 1. The van der Waals surface area contributed by atoms with Crippen molar-refractivity contribution in [2.45, 2.75) is 6.54 Å². The van der Waals surface area contributed by atoms with Crippen molar-refractivity contribution in [1.82, 2.24) is 9.88 Å². The van der Waals surface area contributed by atoms with E-state index in [4.69, 9.17) is 23.2 Å². The van der Waals surface area contributed by atoms with Crippen molar-refractivity contribution in [2.75, 3.05) is 11.9 Å². The van der Waals surface area contributed by atoms with E-state index in [0.29, 0.717) is 15.6 Å². The Balaban J connectivity index is 1.83. The van der Waals surface area contributed by atoms with Crippen LogP contribution in [0.15, 0.2) is 78.8 Å². The molecule has 0 atom stereocenters. The maximum Gasteiger partial charge on any atom is 0.278 e. The molecule has 4 rings (SSSR count). The van der Waals surface area contributed by atoms with Gasteiger partial charge in [0.1, 0.15) is 5.70 Å². The Labute approximate surface area is 184 Å². The molecule has 0 saturated heterocycles. The summed E-state index contributed by atoms with van der Waals surface area (Å²) in [6, 6.07) is 17.8. The van der Waals surface area contributed by atoms with Gasteiger partial charge in [0.15, 0.2) is 0 Å². The molecule has 0 saturated carbocycles. The lowest BCUT2D eigenvalue weighted by molar-refractivity contribution is -0.137. The van der Waals surface area contributed by atoms with Crippen molar-refractivity contribution in [3.05, 3.63) is 99.9 Å². The smallest absolute Gasteiger partial charge is 0.278 e. The van der Waals surface area contributed by atoms with Crippen LogP contribution in [-0.2, 0) is 16.1 Å². The van der Waals surface area contributed by atoms with Gasteiger partial charge in [0.25, 0.3) is 11.8 Å². The van der Waals surface area contributed by atoms with Crippen LogP contribution in [0.1, 0.15) is 11.1 Å². The highest BCUT2D eigenvalue weighted by molar-refractivity contribution is 6.41. The van der Waals surface area contributed by atoms with Crippen LogP contribution < -0.4 is 4.90 Å². The number of carbonyl (C=O) groups is 2. The number of amides is 2. The van der Waals surface area contributed by atoms with Gasteiger partial charge in [-0.25, -0.2) is 0 Å². The Bertz CT molecular complexity index is 1150. The van der Waals surface area contributed by atoms with Gasteiger partial charge >= 0.3 is 0 Å². The van der Waals surface area contributed by atoms with Gasteiger partial charge in [0, 0.05) is 35.7 Å². The number of pyridine rings is 1. The summed E-state index contributed by atoms with van der Waals surface area (Å²) in [6.07, 6.45) is 3.25. The molecular formula is C23H17Cl2N3O2. The average Bonchev–Trinajstić information content (AvgIpc) is 2.99. The number of carbonyl (C=O) groups excluding carboxylic acids is 2. The number of halogens is 2. The Morgan fingerprint density at radius 1 is 0.933 bits per heavy atom. The van der Waals surface area contributed by atoms with E-state index in [1.165, 1.54) is 4.90 Å². The lowest BCUT2D eigenvalue weighted by Crippen LogP contribution is -2.33. The minimum absolute atomic E-state index is 0.140. The molecule has 30 heavy (non-hydrogen) atoms. The first-order chi connectivity index (χ1) is 14.5. The normalized spacial score (nSPS) is 13.9. The van der Waals surface area contributed by atoms with Crippen LogP contribution in [0, 0.1) is 0 Å².